The van der Waals surface area contributed by atoms with Gasteiger partial charge in [0.05, 0.1) is 17.4 Å². The Balaban J connectivity index is 2.25. The molecule has 0 radical (unpaired) electrons. The molecule has 1 aromatic heterocycles. The van der Waals surface area contributed by atoms with Gasteiger partial charge in [-0.1, -0.05) is 11.6 Å². The first-order valence-electron chi connectivity index (χ1n) is 4.60. The number of aryl methyl sites for hydroxylation is 1. The molecule has 82 valence electrons. The Morgan fingerprint density at radius 2 is 2.31 bits per heavy atom. The molecule has 1 aromatic carbocycles. The van der Waals surface area contributed by atoms with Crippen LogP contribution in [0.5, 0.6) is 11.5 Å². The first kappa shape index (κ1) is 10.7. The van der Waals surface area contributed by atoms with Crippen molar-refractivity contribution in [3.63, 3.8) is 0 Å². The number of aldehydes is 1. The Kier molecular flexibility index (Phi) is 2.92. The lowest BCUT2D eigenvalue weighted by Crippen LogP contribution is -1.87. The van der Waals surface area contributed by atoms with Crippen molar-refractivity contribution in [1.82, 2.24) is 9.78 Å². The minimum atomic E-state index is 0.397. The van der Waals surface area contributed by atoms with E-state index in [0.29, 0.717) is 22.1 Å². The third kappa shape index (κ3) is 2.23. The van der Waals surface area contributed by atoms with Crippen molar-refractivity contribution in [2.75, 3.05) is 0 Å². The Hall–Kier alpha value is -1.81. The number of aromatic nitrogens is 2. The van der Waals surface area contributed by atoms with Crippen LogP contribution in [0.25, 0.3) is 0 Å². The SMILES string of the molecule is Cn1cc(Oc2ccc(C=O)cc2Cl)cn1. The monoisotopic (exact) mass is 236 g/mol. The van der Waals surface area contributed by atoms with Gasteiger partial charge < -0.3 is 4.74 Å². The second kappa shape index (κ2) is 4.37. The van der Waals surface area contributed by atoms with E-state index in [9.17, 15) is 4.79 Å². The van der Waals surface area contributed by atoms with Crippen molar-refractivity contribution in [3.8, 4) is 11.5 Å². The lowest BCUT2D eigenvalue weighted by atomic mass is 10.2. The number of rotatable bonds is 3. The minimum absolute atomic E-state index is 0.397. The number of carbonyl (C=O) groups is 1. The molecule has 0 fully saturated rings. The van der Waals surface area contributed by atoms with Crippen molar-refractivity contribution >= 4 is 17.9 Å². The molecule has 2 aromatic rings. The summed E-state index contributed by atoms with van der Waals surface area (Å²) in [7, 11) is 1.80. The van der Waals surface area contributed by atoms with E-state index in [2.05, 4.69) is 5.10 Å². The second-order valence-corrected chi connectivity index (χ2v) is 3.67. The molecule has 0 bridgehead atoms. The van der Waals surface area contributed by atoms with E-state index in [-0.39, 0.29) is 0 Å². The fourth-order valence-electron chi connectivity index (χ4n) is 1.25. The fourth-order valence-corrected chi connectivity index (χ4v) is 1.48. The summed E-state index contributed by atoms with van der Waals surface area (Å²) in [6.07, 6.45) is 4.05. The van der Waals surface area contributed by atoms with Gasteiger partial charge in [0.2, 0.25) is 0 Å². The Morgan fingerprint density at radius 3 is 2.88 bits per heavy atom. The predicted octanol–water partition coefficient (Wildman–Crippen LogP) is 2.68. The molecule has 16 heavy (non-hydrogen) atoms. The third-order valence-corrected chi connectivity index (χ3v) is 2.30. The van der Waals surface area contributed by atoms with Gasteiger partial charge in [-0.15, -0.1) is 0 Å². The number of nitrogens with zero attached hydrogens (tertiary/aromatic N) is 2. The highest BCUT2D eigenvalue weighted by Gasteiger charge is 2.05. The highest BCUT2D eigenvalue weighted by atomic mass is 35.5. The molecule has 0 aliphatic heterocycles. The van der Waals surface area contributed by atoms with Gasteiger partial charge in [0.25, 0.3) is 0 Å². The van der Waals surface area contributed by atoms with Crippen LogP contribution < -0.4 is 4.74 Å². The van der Waals surface area contributed by atoms with Gasteiger partial charge in [0, 0.05) is 12.6 Å². The van der Waals surface area contributed by atoms with Crippen LogP contribution in [0.2, 0.25) is 5.02 Å². The lowest BCUT2D eigenvalue weighted by Gasteiger charge is -2.04. The maximum Gasteiger partial charge on any atom is 0.165 e. The highest BCUT2D eigenvalue weighted by Crippen LogP contribution is 2.29. The highest BCUT2D eigenvalue weighted by molar-refractivity contribution is 6.32. The van der Waals surface area contributed by atoms with Gasteiger partial charge in [-0.25, -0.2) is 0 Å². The summed E-state index contributed by atoms with van der Waals surface area (Å²) in [5.74, 6) is 1.10. The van der Waals surface area contributed by atoms with E-state index in [1.807, 2.05) is 0 Å². The van der Waals surface area contributed by atoms with Crippen molar-refractivity contribution in [1.29, 1.82) is 0 Å². The van der Waals surface area contributed by atoms with Crippen molar-refractivity contribution < 1.29 is 9.53 Å². The largest absolute Gasteiger partial charge is 0.452 e. The Bertz CT molecular complexity index is 522. The molecule has 0 aliphatic carbocycles. The van der Waals surface area contributed by atoms with E-state index in [1.54, 1.807) is 42.3 Å². The average Bonchev–Trinajstić information content (AvgIpc) is 2.67. The fraction of sp³-hybridized carbons (Fsp3) is 0.0909. The smallest absolute Gasteiger partial charge is 0.165 e. The molecule has 0 spiro atoms. The van der Waals surface area contributed by atoms with Gasteiger partial charge in [-0.2, -0.15) is 5.10 Å². The molecule has 1 heterocycles. The summed E-state index contributed by atoms with van der Waals surface area (Å²) < 4.78 is 7.13. The van der Waals surface area contributed by atoms with E-state index in [1.165, 1.54) is 0 Å². The van der Waals surface area contributed by atoms with Crippen LogP contribution in [-0.4, -0.2) is 16.1 Å². The Morgan fingerprint density at radius 1 is 1.50 bits per heavy atom. The number of carbonyl (C=O) groups excluding carboxylic acids is 1. The molecular weight excluding hydrogens is 228 g/mol. The van der Waals surface area contributed by atoms with Crippen molar-refractivity contribution in [3.05, 3.63) is 41.2 Å². The number of hydrogen-bond donors (Lipinski definition) is 0. The van der Waals surface area contributed by atoms with Crippen LogP contribution in [0.15, 0.2) is 30.6 Å². The maximum atomic E-state index is 10.5. The molecule has 0 atom stereocenters. The minimum Gasteiger partial charge on any atom is -0.452 e. The summed E-state index contributed by atoms with van der Waals surface area (Å²) in [5, 5.41) is 4.37. The molecule has 5 heteroatoms. The van der Waals surface area contributed by atoms with Crippen LogP contribution in [0.4, 0.5) is 0 Å². The van der Waals surface area contributed by atoms with E-state index >= 15 is 0 Å². The summed E-state index contributed by atoms with van der Waals surface area (Å²) in [6.45, 7) is 0. The number of ether oxygens (including phenoxy) is 1. The second-order valence-electron chi connectivity index (χ2n) is 3.26. The van der Waals surface area contributed by atoms with Crippen LogP contribution in [0, 0.1) is 0 Å². The van der Waals surface area contributed by atoms with Crippen LogP contribution in [-0.2, 0) is 7.05 Å². The summed E-state index contributed by atoms with van der Waals surface area (Å²) in [5.41, 5.74) is 0.517. The zero-order chi connectivity index (χ0) is 11.5. The van der Waals surface area contributed by atoms with Gasteiger partial charge in [-0.05, 0) is 18.2 Å². The number of benzene rings is 1. The molecular formula is C11H9ClN2O2. The quantitative estimate of drug-likeness (QED) is 0.770. The van der Waals surface area contributed by atoms with Gasteiger partial charge in [-0.3, -0.25) is 9.48 Å². The third-order valence-electron chi connectivity index (χ3n) is 2.00. The summed E-state index contributed by atoms with van der Waals surface area (Å²) in [4.78, 5) is 10.5. The van der Waals surface area contributed by atoms with Crippen molar-refractivity contribution in [2.45, 2.75) is 0 Å². The molecule has 0 N–H and O–H groups in total. The van der Waals surface area contributed by atoms with E-state index < -0.39 is 0 Å². The van der Waals surface area contributed by atoms with Gasteiger partial charge >= 0.3 is 0 Å². The van der Waals surface area contributed by atoms with Gasteiger partial charge in [0.1, 0.15) is 12.0 Å². The van der Waals surface area contributed by atoms with Crippen molar-refractivity contribution in [2.24, 2.45) is 7.05 Å². The average molecular weight is 237 g/mol. The predicted molar refractivity (Wildman–Crippen MR) is 60.1 cm³/mol. The molecule has 0 saturated carbocycles. The lowest BCUT2D eigenvalue weighted by molar-refractivity contribution is 0.112. The normalized spacial score (nSPS) is 10.1. The van der Waals surface area contributed by atoms with Gasteiger partial charge in [0.15, 0.2) is 5.75 Å². The van der Waals surface area contributed by atoms with Crippen LogP contribution >= 0.6 is 11.6 Å². The first-order chi connectivity index (χ1) is 7.69. The van der Waals surface area contributed by atoms with Crippen LogP contribution in [0.3, 0.4) is 0 Å². The molecule has 0 saturated heterocycles. The summed E-state index contributed by atoms with van der Waals surface area (Å²) >= 11 is 5.95. The Labute approximate surface area is 97.4 Å². The summed E-state index contributed by atoms with van der Waals surface area (Å²) in [6, 6.07) is 4.85. The zero-order valence-corrected chi connectivity index (χ0v) is 9.31. The number of hydrogen-bond acceptors (Lipinski definition) is 3. The number of halogens is 1. The maximum absolute atomic E-state index is 10.5. The van der Waals surface area contributed by atoms with E-state index in [0.717, 1.165) is 6.29 Å². The first-order valence-corrected chi connectivity index (χ1v) is 4.98. The molecule has 4 nitrogen and oxygen atoms in total. The molecule has 2 rings (SSSR count). The molecule has 0 unspecified atom stereocenters. The van der Waals surface area contributed by atoms with E-state index in [4.69, 9.17) is 16.3 Å². The topological polar surface area (TPSA) is 44.1 Å². The molecule has 0 amide bonds. The van der Waals surface area contributed by atoms with Crippen LogP contribution in [0.1, 0.15) is 10.4 Å². The standard InChI is InChI=1S/C11H9ClN2O2/c1-14-6-9(5-13-14)16-11-3-2-8(7-15)4-10(11)12/h2-7H,1H3. The molecule has 0 aliphatic rings. The zero-order valence-electron chi connectivity index (χ0n) is 8.55.